The Kier molecular flexibility index (Phi) is 3.27. The van der Waals surface area contributed by atoms with Gasteiger partial charge in [-0.1, -0.05) is 0 Å². The van der Waals surface area contributed by atoms with Gasteiger partial charge in [0.15, 0.2) is 5.82 Å². The zero-order chi connectivity index (χ0) is 11.8. The van der Waals surface area contributed by atoms with Gasteiger partial charge < -0.3 is 0 Å². The lowest BCUT2D eigenvalue weighted by molar-refractivity contribution is -0.140. The molecule has 8 heteroatoms. The van der Waals surface area contributed by atoms with Gasteiger partial charge in [-0.2, -0.15) is 13.2 Å². The fraction of sp³-hybridized carbons (Fsp3) is 0.286. The molecule has 0 aliphatic carbocycles. The third-order valence-electron chi connectivity index (χ3n) is 1.53. The van der Waals surface area contributed by atoms with Crippen LogP contribution in [0.1, 0.15) is 17.6 Å². The molecular weight excluding hydrogens is 292 g/mol. The minimum Gasteiger partial charge on any atom is -0.246 e. The van der Waals surface area contributed by atoms with Gasteiger partial charge in [0, 0.05) is 0 Å². The average Bonchev–Trinajstić information content (AvgIpc) is 2.05. The molecule has 0 radical (unpaired) electrons. The first-order valence-electron chi connectivity index (χ1n) is 3.44. The molecule has 0 saturated heterocycles. The lowest BCUT2D eigenvalue weighted by Gasteiger charge is -2.13. The van der Waals surface area contributed by atoms with Crippen LogP contribution < -0.4 is 0 Å². The molecule has 0 atom stereocenters. The predicted octanol–water partition coefficient (Wildman–Crippen LogP) is 3.94. The normalized spacial score (nSPS) is 12.3. The van der Waals surface area contributed by atoms with Gasteiger partial charge in [-0.15, -0.1) is 0 Å². The third kappa shape index (κ3) is 2.42. The SMILES string of the molecule is Fc1cnc(Br)c(C(F)(F)F)c1C(F)F. The third-order valence-corrected chi connectivity index (χ3v) is 2.13. The molecule has 0 aromatic carbocycles. The molecule has 0 fully saturated rings. The van der Waals surface area contributed by atoms with Gasteiger partial charge in [-0.25, -0.2) is 18.2 Å². The Morgan fingerprint density at radius 1 is 1.27 bits per heavy atom. The van der Waals surface area contributed by atoms with E-state index >= 15 is 0 Å². The molecule has 0 unspecified atom stereocenters. The number of hydrogen-bond acceptors (Lipinski definition) is 1. The summed E-state index contributed by atoms with van der Waals surface area (Å²) in [5, 5.41) is 0. The van der Waals surface area contributed by atoms with Crippen LogP contribution in [0, 0.1) is 5.82 Å². The van der Waals surface area contributed by atoms with Crippen molar-refractivity contribution in [3.05, 3.63) is 27.7 Å². The van der Waals surface area contributed by atoms with Crippen molar-refractivity contribution in [2.45, 2.75) is 12.6 Å². The van der Waals surface area contributed by atoms with Crippen LogP contribution in [0.5, 0.6) is 0 Å². The standard InChI is InChI=1S/C7H2BrF6N/c8-5-4(7(12,13)14)3(6(10)11)2(9)1-15-5/h1,6H. The van der Waals surface area contributed by atoms with E-state index in [1.165, 1.54) is 0 Å². The molecule has 1 nitrogen and oxygen atoms in total. The molecule has 0 aliphatic rings. The van der Waals surface area contributed by atoms with E-state index in [1.807, 2.05) is 0 Å². The quantitative estimate of drug-likeness (QED) is 0.564. The smallest absolute Gasteiger partial charge is 0.246 e. The Morgan fingerprint density at radius 2 is 1.80 bits per heavy atom. The number of aromatic nitrogens is 1. The van der Waals surface area contributed by atoms with Crippen molar-refractivity contribution in [3.8, 4) is 0 Å². The highest BCUT2D eigenvalue weighted by molar-refractivity contribution is 9.10. The molecule has 84 valence electrons. The van der Waals surface area contributed by atoms with Crippen molar-refractivity contribution >= 4 is 15.9 Å². The van der Waals surface area contributed by atoms with E-state index in [0.717, 1.165) is 0 Å². The molecule has 15 heavy (non-hydrogen) atoms. The summed E-state index contributed by atoms with van der Waals surface area (Å²) in [7, 11) is 0. The second-order valence-corrected chi connectivity index (χ2v) is 3.24. The number of halogens is 7. The van der Waals surface area contributed by atoms with Gasteiger partial charge in [0.05, 0.1) is 11.8 Å². The fourth-order valence-corrected chi connectivity index (χ4v) is 1.50. The van der Waals surface area contributed by atoms with E-state index in [0.29, 0.717) is 6.20 Å². The molecule has 0 aliphatic heterocycles. The Balaban J connectivity index is 3.53. The van der Waals surface area contributed by atoms with Gasteiger partial charge >= 0.3 is 6.18 Å². The lowest BCUT2D eigenvalue weighted by Crippen LogP contribution is -2.13. The van der Waals surface area contributed by atoms with Crippen molar-refractivity contribution in [3.63, 3.8) is 0 Å². The molecule has 0 bridgehead atoms. The maximum Gasteiger partial charge on any atom is 0.419 e. The zero-order valence-electron chi connectivity index (χ0n) is 6.75. The molecule has 1 rings (SSSR count). The predicted molar refractivity (Wildman–Crippen MR) is 41.9 cm³/mol. The van der Waals surface area contributed by atoms with Gasteiger partial charge in [0.2, 0.25) is 0 Å². The highest BCUT2D eigenvalue weighted by Crippen LogP contribution is 2.40. The summed E-state index contributed by atoms with van der Waals surface area (Å²) in [5.41, 5.74) is -3.47. The lowest BCUT2D eigenvalue weighted by atomic mass is 10.1. The summed E-state index contributed by atoms with van der Waals surface area (Å²) in [6.07, 6.45) is -8.33. The number of hydrogen-bond donors (Lipinski definition) is 0. The largest absolute Gasteiger partial charge is 0.419 e. The topological polar surface area (TPSA) is 12.9 Å². The van der Waals surface area contributed by atoms with Crippen LogP contribution in [-0.2, 0) is 6.18 Å². The maximum atomic E-state index is 12.7. The van der Waals surface area contributed by atoms with Crippen LogP contribution in [-0.4, -0.2) is 4.98 Å². The Hall–Kier alpha value is -0.790. The molecule has 0 saturated carbocycles. The first kappa shape index (κ1) is 12.3. The first-order valence-corrected chi connectivity index (χ1v) is 4.23. The van der Waals surface area contributed by atoms with E-state index in [-0.39, 0.29) is 0 Å². The Labute approximate surface area is 88.2 Å². The summed E-state index contributed by atoms with van der Waals surface area (Å²) in [6, 6.07) is 0. The van der Waals surface area contributed by atoms with Crippen LogP contribution in [0.15, 0.2) is 10.8 Å². The van der Waals surface area contributed by atoms with Crippen molar-refractivity contribution < 1.29 is 26.3 Å². The van der Waals surface area contributed by atoms with Crippen molar-refractivity contribution in [2.75, 3.05) is 0 Å². The molecule has 1 heterocycles. The zero-order valence-corrected chi connectivity index (χ0v) is 8.33. The minimum absolute atomic E-state index is 0.306. The maximum absolute atomic E-state index is 12.7. The van der Waals surface area contributed by atoms with Crippen molar-refractivity contribution in [1.82, 2.24) is 4.98 Å². The first-order chi connectivity index (χ1) is 6.75. The number of alkyl halides is 5. The summed E-state index contributed by atoms with van der Waals surface area (Å²) in [5.74, 6) is -1.68. The second-order valence-electron chi connectivity index (χ2n) is 2.48. The van der Waals surface area contributed by atoms with Gasteiger partial charge in [0.25, 0.3) is 6.43 Å². The number of nitrogens with zero attached hydrogens (tertiary/aromatic N) is 1. The molecule has 0 amide bonds. The monoisotopic (exact) mass is 293 g/mol. The van der Waals surface area contributed by atoms with Crippen LogP contribution >= 0.6 is 15.9 Å². The van der Waals surface area contributed by atoms with E-state index in [9.17, 15) is 26.3 Å². The molecule has 1 aromatic rings. The van der Waals surface area contributed by atoms with E-state index in [1.54, 1.807) is 0 Å². The van der Waals surface area contributed by atoms with Crippen LogP contribution in [0.3, 0.4) is 0 Å². The van der Waals surface area contributed by atoms with Gasteiger partial charge in [0.1, 0.15) is 10.2 Å². The van der Waals surface area contributed by atoms with Crippen molar-refractivity contribution in [2.24, 2.45) is 0 Å². The Bertz CT molecular complexity index is 374. The van der Waals surface area contributed by atoms with Crippen LogP contribution in [0.4, 0.5) is 26.3 Å². The minimum atomic E-state index is -5.08. The molecule has 1 aromatic heterocycles. The highest BCUT2D eigenvalue weighted by Gasteiger charge is 2.40. The summed E-state index contributed by atoms with van der Waals surface area (Å²) in [6.45, 7) is 0. The summed E-state index contributed by atoms with van der Waals surface area (Å²) < 4.78 is 73.2. The number of pyridine rings is 1. The van der Waals surface area contributed by atoms with E-state index in [2.05, 4.69) is 20.9 Å². The Morgan fingerprint density at radius 3 is 2.13 bits per heavy atom. The van der Waals surface area contributed by atoms with E-state index in [4.69, 9.17) is 0 Å². The van der Waals surface area contributed by atoms with Gasteiger partial charge in [-0.05, 0) is 15.9 Å². The van der Waals surface area contributed by atoms with Crippen LogP contribution in [0.25, 0.3) is 0 Å². The molecular formula is C7H2BrF6N. The van der Waals surface area contributed by atoms with Crippen molar-refractivity contribution in [1.29, 1.82) is 0 Å². The van der Waals surface area contributed by atoms with E-state index < -0.39 is 34.1 Å². The van der Waals surface area contributed by atoms with Crippen LogP contribution in [0.2, 0.25) is 0 Å². The number of rotatable bonds is 1. The van der Waals surface area contributed by atoms with Gasteiger partial charge in [-0.3, -0.25) is 0 Å². The highest BCUT2D eigenvalue weighted by atomic mass is 79.9. The summed E-state index contributed by atoms with van der Waals surface area (Å²) >= 11 is 2.35. The summed E-state index contributed by atoms with van der Waals surface area (Å²) in [4.78, 5) is 2.98. The fourth-order valence-electron chi connectivity index (χ4n) is 0.961. The molecule has 0 N–H and O–H groups in total. The second kappa shape index (κ2) is 3.99. The average molecular weight is 294 g/mol. The molecule has 0 spiro atoms.